The number of anilines is 1. The van der Waals surface area contributed by atoms with E-state index in [1.807, 2.05) is 11.0 Å². The van der Waals surface area contributed by atoms with E-state index in [-0.39, 0.29) is 5.56 Å². The van der Waals surface area contributed by atoms with Crippen molar-refractivity contribution in [3.63, 3.8) is 0 Å². The molecule has 0 atom stereocenters. The predicted octanol–water partition coefficient (Wildman–Crippen LogP) is 4.24. The number of amides is 1. The van der Waals surface area contributed by atoms with Crippen LogP contribution in [0.15, 0.2) is 60.2 Å². The van der Waals surface area contributed by atoms with E-state index in [2.05, 4.69) is 24.3 Å². The second-order valence-electron chi connectivity index (χ2n) is 7.19. The van der Waals surface area contributed by atoms with Crippen LogP contribution in [0.2, 0.25) is 0 Å². The molecule has 1 aliphatic carbocycles. The van der Waals surface area contributed by atoms with Crippen LogP contribution in [0.4, 0.5) is 10.1 Å². The largest absolute Gasteiger partial charge is 0.366 e. The second-order valence-corrected chi connectivity index (χ2v) is 7.19. The van der Waals surface area contributed by atoms with Gasteiger partial charge in [0.25, 0.3) is 0 Å². The molecule has 1 fully saturated rings. The maximum Gasteiger partial charge on any atom is 0.248 e. The smallest absolute Gasteiger partial charge is 0.248 e. The van der Waals surface area contributed by atoms with Crippen molar-refractivity contribution in [2.45, 2.75) is 25.2 Å². The van der Waals surface area contributed by atoms with E-state index in [9.17, 15) is 9.18 Å². The second kappa shape index (κ2) is 7.32. The predicted molar refractivity (Wildman–Crippen MR) is 107 cm³/mol. The Balaban J connectivity index is 1.71. The van der Waals surface area contributed by atoms with E-state index in [1.165, 1.54) is 37.0 Å². The Hall–Kier alpha value is -3.39. The molecular weight excluding hydrogens is 353 g/mol. The van der Waals surface area contributed by atoms with Gasteiger partial charge in [-0.05, 0) is 54.7 Å². The highest BCUT2D eigenvalue weighted by Gasteiger charge is 2.22. The van der Waals surface area contributed by atoms with Gasteiger partial charge in [-0.15, -0.1) is 0 Å². The summed E-state index contributed by atoms with van der Waals surface area (Å²) in [6.07, 6.45) is 7.21. The summed E-state index contributed by atoms with van der Waals surface area (Å²) in [6, 6.07) is 14.7. The first-order valence-electron chi connectivity index (χ1n) is 9.36. The number of carbonyl (C=O) groups is 1. The molecule has 4 nitrogen and oxygen atoms in total. The minimum absolute atomic E-state index is 0.0118. The van der Waals surface area contributed by atoms with Gasteiger partial charge in [-0.1, -0.05) is 30.7 Å². The molecule has 0 radical (unpaired) electrons. The first-order valence-corrected chi connectivity index (χ1v) is 9.36. The molecule has 140 valence electrons. The van der Waals surface area contributed by atoms with E-state index in [0.717, 1.165) is 5.69 Å². The average Bonchev–Trinajstić information content (AvgIpc) is 2.67. The summed E-state index contributed by atoms with van der Waals surface area (Å²) in [5.41, 5.74) is 9.40. The van der Waals surface area contributed by atoms with Gasteiger partial charge in [0.2, 0.25) is 5.91 Å². The molecule has 2 N–H and O–H groups in total. The van der Waals surface area contributed by atoms with Gasteiger partial charge in [0.1, 0.15) is 11.9 Å². The van der Waals surface area contributed by atoms with Crippen LogP contribution in [0.3, 0.4) is 0 Å². The summed E-state index contributed by atoms with van der Waals surface area (Å²) in [6.45, 7) is 0.453. The van der Waals surface area contributed by atoms with Gasteiger partial charge >= 0.3 is 0 Å². The quantitative estimate of drug-likeness (QED) is 0.871. The summed E-state index contributed by atoms with van der Waals surface area (Å²) in [5.74, 6) is -0.456. The van der Waals surface area contributed by atoms with Gasteiger partial charge in [-0.3, -0.25) is 4.79 Å². The molecule has 0 spiro atoms. The fraction of sp³-hybridized carbons (Fsp3) is 0.217. The van der Waals surface area contributed by atoms with E-state index in [4.69, 9.17) is 11.0 Å². The average molecular weight is 373 g/mol. The number of nitriles is 1. The third-order valence-corrected chi connectivity index (χ3v) is 5.53. The van der Waals surface area contributed by atoms with Gasteiger partial charge in [-0.25, -0.2) is 4.39 Å². The van der Waals surface area contributed by atoms with Crippen molar-refractivity contribution in [1.29, 1.82) is 5.26 Å². The lowest BCUT2D eigenvalue weighted by atomic mass is 9.80. The molecule has 4 rings (SSSR count). The lowest BCUT2D eigenvalue weighted by molar-refractivity contribution is -0.114. The van der Waals surface area contributed by atoms with E-state index in [1.54, 1.807) is 18.2 Å². The maximum absolute atomic E-state index is 14.2. The number of hydrogen-bond donors (Lipinski definition) is 1. The standard InChI is InChI=1S/C23H20FN3O/c24-21-12-17(4-5-19(21)14-25)22-13-18(23(26)28)10-11-27(22)20-8-6-16(7-9-20)15-2-1-3-15/h4-10,12-13,15H,1-3,11H2,(H2,26,28). The first-order chi connectivity index (χ1) is 13.6. The summed E-state index contributed by atoms with van der Waals surface area (Å²) in [7, 11) is 0. The Morgan fingerprint density at radius 3 is 2.50 bits per heavy atom. The van der Waals surface area contributed by atoms with Crippen LogP contribution in [0.1, 0.15) is 41.9 Å². The lowest BCUT2D eigenvalue weighted by Gasteiger charge is -2.31. The zero-order valence-corrected chi connectivity index (χ0v) is 15.4. The van der Waals surface area contributed by atoms with Crippen molar-refractivity contribution in [1.82, 2.24) is 0 Å². The molecule has 5 heteroatoms. The summed E-state index contributed by atoms with van der Waals surface area (Å²) < 4.78 is 14.2. The lowest BCUT2D eigenvalue weighted by Crippen LogP contribution is -2.27. The Kier molecular flexibility index (Phi) is 4.70. The summed E-state index contributed by atoms with van der Waals surface area (Å²) in [4.78, 5) is 13.7. The number of benzene rings is 2. The van der Waals surface area contributed by atoms with Crippen LogP contribution in [0.5, 0.6) is 0 Å². The third kappa shape index (κ3) is 3.29. The van der Waals surface area contributed by atoms with Crippen LogP contribution in [-0.2, 0) is 4.79 Å². The number of nitrogens with zero attached hydrogens (tertiary/aromatic N) is 2. The minimum Gasteiger partial charge on any atom is -0.366 e. The van der Waals surface area contributed by atoms with Gasteiger partial charge in [0.15, 0.2) is 0 Å². The molecule has 1 heterocycles. The maximum atomic E-state index is 14.2. The fourth-order valence-electron chi connectivity index (χ4n) is 3.66. The Morgan fingerprint density at radius 2 is 1.93 bits per heavy atom. The molecule has 1 saturated carbocycles. The monoisotopic (exact) mass is 373 g/mol. The highest BCUT2D eigenvalue weighted by molar-refractivity contribution is 5.99. The van der Waals surface area contributed by atoms with E-state index in [0.29, 0.717) is 29.3 Å². The van der Waals surface area contributed by atoms with Crippen LogP contribution < -0.4 is 10.6 Å². The molecule has 0 aromatic heterocycles. The van der Waals surface area contributed by atoms with Crippen molar-refractivity contribution >= 4 is 17.3 Å². The summed E-state index contributed by atoms with van der Waals surface area (Å²) >= 11 is 0. The van der Waals surface area contributed by atoms with Gasteiger partial charge in [0.05, 0.1) is 5.56 Å². The van der Waals surface area contributed by atoms with Crippen molar-refractivity contribution < 1.29 is 9.18 Å². The van der Waals surface area contributed by atoms with E-state index >= 15 is 0 Å². The van der Waals surface area contributed by atoms with Gasteiger partial charge in [-0.2, -0.15) is 5.26 Å². The van der Waals surface area contributed by atoms with Crippen LogP contribution in [0, 0.1) is 17.1 Å². The van der Waals surface area contributed by atoms with Crippen LogP contribution >= 0.6 is 0 Å². The molecule has 2 aromatic rings. The molecule has 0 saturated heterocycles. The molecule has 0 bridgehead atoms. The Labute approximate surface area is 163 Å². The number of hydrogen-bond acceptors (Lipinski definition) is 3. The van der Waals surface area contributed by atoms with Crippen molar-refractivity contribution in [3.8, 4) is 6.07 Å². The summed E-state index contributed by atoms with van der Waals surface area (Å²) in [5, 5.41) is 8.98. The SMILES string of the molecule is N#Cc1ccc(C2=CC(C(N)=O)=CCN2c2ccc(C3CCC3)cc2)cc1F. The number of nitrogens with two attached hydrogens (primary N) is 1. The topological polar surface area (TPSA) is 70.1 Å². The van der Waals surface area contributed by atoms with Crippen LogP contribution in [0.25, 0.3) is 5.70 Å². The Morgan fingerprint density at radius 1 is 1.18 bits per heavy atom. The molecule has 0 unspecified atom stereocenters. The van der Waals surface area contributed by atoms with Gasteiger partial charge < -0.3 is 10.6 Å². The minimum atomic E-state index is -0.587. The fourth-order valence-corrected chi connectivity index (χ4v) is 3.66. The number of primary amides is 1. The number of carbonyl (C=O) groups excluding carboxylic acids is 1. The first kappa shape index (κ1) is 18.0. The number of rotatable bonds is 4. The highest BCUT2D eigenvalue weighted by Crippen LogP contribution is 2.38. The molecule has 2 aromatic carbocycles. The van der Waals surface area contributed by atoms with Crippen molar-refractivity contribution in [2.75, 3.05) is 11.4 Å². The van der Waals surface area contributed by atoms with Crippen molar-refractivity contribution in [2.24, 2.45) is 5.73 Å². The molecule has 28 heavy (non-hydrogen) atoms. The van der Waals surface area contributed by atoms with Gasteiger partial charge in [0, 0.05) is 29.1 Å². The molecule has 1 aliphatic heterocycles. The third-order valence-electron chi connectivity index (χ3n) is 5.53. The molecule has 1 amide bonds. The van der Waals surface area contributed by atoms with Crippen LogP contribution in [-0.4, -0.2) is 12.5 Å². The molecule has 2 aliphatic rings. The molecular formula is C23H20FN3O. The number of halogens is 1. The zero-order valence-electron chi connectivity index (χ0n) is 15.4. The normalized spacial score (nSPS) is 16.6. The Bertz CT molecular complexity index is 1030. The highest BCUT2D eigenvalue weighted by atomic mass is 19.1. The van der Waals surface area contributed by atoms with Crippen molar-refractivity contribution in [3.05, 3.63) is 82.7 Å². The zero-order chi connectivity index (χ0) is 19.7. The van der Waals surface area contributed by atoms with E-state index < -0.39 is 11.7 Å².